The van der Waals surface area contributed by atoms with Crippen molar-refractivity contribution < 1.29 is 19.1 Å². The number of hydrogen-bond donors (Lipinski definition) is 1. The van der Waals surface area contributed by atoms with E-state index in [1.54, 1.807) is 37.3 Å². The second-order valence-corrected chi connectivity index (χ2v) is 9.05. The van der Waals surface area contributed by atoms with Crippen molar-refractivity contribution in [3.8, 4) is 11.5 Å². The van der Waals surface area contributed by atoms with Crippen molar-refractivity contribution in [2.75, 3.05) is 20.8 Å². The predicted octanol–water partition coefficient (Wildman–Crippen LogP) is 5.55. The average molecular weight is 529 g/mol. The minimum Gasteiger partial charge on any atom is -0.497 e. The summed E-state index contributed by atoms with van der Waals surface area (Å²) in [6, 6.07) is 21.3. The predicted molar refractivity (Wildman–Crippen MR) is 143 cm³/mol. The summed E-state index contributed by atoms with van der Waals surface area (Å²) in [4.78, 5) is 28.0. The van der Waals surface area contributed by atoms with Crippen LogP contribution in [0.25, 0.3) is 0 Å². The van der Waals surface area contributed by atoms with Crippen molar-refractivity contribution in [1.29, 1.82) is 0 Å². The zero-order chi connectivity index (χ0) is 25.9. The maximum atomic E-state index is 13.5. The number of hydrogen-bond acceptors (Lipinski definition) is 4. The van der Waals surface area contributed by atoms with Crippen molar-refractivity contribution in [3.05, 3.63) is 94.0 Å². The van der Waals surface area contributed by atoms with Gasteiger partial charge in [0.2, 0.25) is 11.8 Å². The van der Waals surface area contributed by atoms with Crippen LogP contribution >= 0.6 is 23.2 Å². The lowest BCUT2D eigenvalue weighted by atomic mass is 10.0. The first-order chi connectivity index (χ1) is 17.4. The maximum absolute atomic E-state index is 13.5. The first-order valence-corrected chi connectivity index (χ1v) is 12.4. The molecular formula is C28H30Cl2N2O4. The number of carbonyl (C=O) groups excluding carboxylic acids is 2. The number of amides is 2. The molecule has 0 spiro atoms. The van der Waals surface area contributed by atoms with Crippen molar-refractivity contribution in [1.82, 2.24) is 10.2 Å². The Kier molecular flexibility index (Phi) is 10.5. The first kappa shape index (κ1) is 27.4. The summed E-state index contributed by atoms with van der Waals surface area (Å²) in [5.74, 6) is 1.03. The molecule has 6 nitrogen and oxygen atoms in total. The van der Waals surface area contributed by atoms with Gasteiger partial charge in [0.05, 0.1) is 13.7 Å². The van der Waals surface area contributed by atoms with Gasteiger partial charge in [-0.25, -0.2) is 0 Å². The molecule has 2 amide bonds. The van der Waals surface area contributed by atoms with Crippen LogP contribution in [-0.2, 0) is 22.6 Å². The molecule has 0 fully saturated rings. The standard InChI is InChI=1S/C28H30Cl2N2O4/c1-31-28(34)26(17-20-7-4-3-5-8-20)32(19-21-10-11-22(29)18-25(21)30)27(33)9-6-16-36-24-14-12-23(35-2)13-15-24/h3-5,7-8,10-15,18,26H,6,9,16-17,19H2,1-2H3,(H,31,34). The van der Waals surface area contributed by atoms with Crippen LogP contribution < -0.4 is 14.8 Å². The number of nitrogens with zero attached hydrogens (tertiary/aromatic N) is 1. The largest absolute Gasteiger partial charge is 0.497 e. The molecule has 0 aliphatic carbocycles. The monoisotopic (exact) mass is 528 g/mol. The van der Waals surface area contributed by atoms with Crippen LogP contribution in [0.5, 0.6) is 11.5 Å². The SMILES string of the molecule is CNC(=O)C(Cc1ccccc1)N(Cc1ccc(Cl)cc1Cl)C(=O)CCCOc1ccc(OC)cc1. The van der Waals surface area contributed by atoms with E-state index in [9.17, 15) is 9.59 Å². The van der Waals surface area contributed by atoms with Crippen LogP contribution in [-0.4, -0.2) is 43.5 Å². The Bertz CT molecular complexity index is 1140. The maximum Gasteiger partial charge on any atom is 0.242 e. The molecule has 0 heterocycles. The Hall–Kier alpha value is -3.22. The molecule has 36 heavy (non-hydrogen) atoms. The number of ether oxygens (including phenoxy) is 2. The van der Waals surface area contributed by atoms with Gasteiger partial charge in [0.25, 0.3) is 0 Å². The smallest absolute Gasteiger partial charge is 0.242 e. The van der Waals surface area contributed by atoms with Crippen molar-refractivity contribution >= 4 is 35.0 Å². The molecule has 1 N–H and O–H groups in total. The summed E-state index contributed by atoms with van der Waals surface area (Å²) in [6.07, 6.45) is 1.07. The second kappa shape index (κ2) is 13.8. The fraction of sp³-hybridized carbons (Fsp3) is 0.286. The van der Waals surface area contributed by atoms with Crippen LogP contribution in [0, 0.1) is 0 Å². The molecule has 0 aromatic heterocycles. The van der Waals surface area contributed by atoms with E-state index in [-0.39, 0.29) is 24.8 Å². The first-order valence-electron chi connectivity index (χ1n) is 11.7. The summed E-state index contributed by atoms with van der Waals surface area (Å²) < 4.78 is 10.9. The minimum atomic E-state index is -0.709. The summed E-state index contributed by atoms with van der Waals surface area (Å²) in [7, 11) is 3.18. The highest BCUT2D eigenvalue weighted by atomic mass is 35.5. The number of methoxy groups -OCH3 is 1. The molecule has 3 aromatic carbocycles. The Balaban J connectivity index is 1.75. The molecule has 0 aliphatic heterocycles. The number of rotatable bonds is 12. The van der Waals surface area contributed by atoms with Crippen molar-refractivity contribution in [3.63, 3.8) is 0 Å². The molecule has 3 rings (SSSR count). The van der Waals surface area contributed by atoms with Crippen LogP contribution in [0.1, 0.15) is 24.0 Å². The molecule has 1 unspecified atom stereocenters. The van der Waals surface area contributed by atoms with E-state index in [4.69, 9.17) is 32.7 Å². The minimum absolute atomic E-state index is 0.163. The van der Waals surface area contributed by atoms with Gasteiger partial charge >= 0.3 is 0 Å². The summed E-state index contributed by atoms with van der Waals surface area (Å²) in [6.45, 7) is 0.538. The van der Waals surface area contributed by atoms with E-state index in [1.165, 1.54) is 0 Å². The highest BCUT2D eigenvalue weighted by Crippen LogP contribution is 2.25. The highest BCUT2D eigenvalue weighted by Gasteiger charge is 2.30. The van der Waals surface area contributed by atoms with E-state index in [0.717, 1.165) is 11.3 Å². The fourth-order valence-electron chi connectivity index (χ4n) is 3.78. The number of benzene rings is 3. The van der Waals surface area contributed by atoms with Gasteiger partial charge in [-0.2, -0.15) is 0 Å². The Morgan fingerprint density at radius 3 is 2.31 bits per heavy atom. The third kappa shape index (κ3) is 7.90. The second-order valence-electron chi connectivity index (χ2n) is 8.20. The van der Waals surface area contributed by atoms with Gasteiger partial charge in [0, 0.05) is 36.5 Å². The summed E-state index contributed by atoms with van der Waals surface area (Å²) in [5.41, 5.74) is 1.67. The van der Waals surface area contributed by atoms with Crippen LogP contribution in [0.4, 0.5) is 0 Å². The quantitative estimate of drug-likeness (QED) is 0.313. The molecule has 0 saturated heterocycles. The van der Waals surface area contributed by atoms with Crippen LogP contribution in [0.3, 0.4) is 0 Å². The third-order valence-electron chi connectivity index (χ3n) is 5.74. The number of likely N-dealkylation sites (N-methyl/N-ethyl adjacent to an activating group) is 1. The molecule has 3 aromatic rings. The van der Waals surface area contributed by atoms with Gasteiger partial charge in [0.15, 0.2) is 0 Å². The molecule has 0 aliphatic rings. The normalized spacial score (nSPS) is 11.4. The lowest BCUT2D eigenvalue weighted by molar-refractivity contribution is -0.141. The van der Waals surface area contributed by atoms with E-state index >= 15 is 0 Å². The van der Waals surface area contributed by atoms with Gasteiger partial charge in [-0.15, -0.1) is 0 Å². The van der Waals surface area contributed by atoms with Crippen LogP contribution in [0.15, 0.2) is 72.8 Å². The lowest BCUT2D eigenvalue weighted by Crippen LogP contribution is -2.49. The summed E-state index contributed by atoms with van der Waals surface area (Å²) >= 11 is 12.5. The van der Waals surface area contributed by atoms with E-state index in [2.05, 4.69) is 5.32 Å². The molecule has 1 atom stereocenters. The topological polar surface area (TPSA) is 67.9 Å². The van der Waals surface area contributed by atoms with Crippen molar-refractivity contribution in [2.24, 2.45) is 0 Å². The Morgan fingerprint density at radius 1 is 0.972 bits per heavy atom. The Labute approximate surface area is 222 Å². The zero-order valence-corrected chi connectivity index (χ0v) is 21.9. The fourth-order valence-corrected chi connectivity index (χ4v) is 4.25. The Morgan fingerprint density at radius 2 is 1.67 bits per heavy atom. The molecule has 190 valence electrons. The van der Waals surface area contributed by atoms with Gasteiger partial charge in [-0.05, 0) is 53.9 Å². The average Bonchev–Trinajstić information content (AvgIpc) is 2.90. The van der Waals surface area contributed by atoms with Crippen molar-refractivity contribution in [2.45, 2.75) is 31.8 Å². The highest BCUT2D eigenvalue weighted by molar-refractivity contribution is 6.35. The van der Waals surface area contributed by atoms with Gasteiger partial charge in [-0.1, -0.05) is 59.6 Å². The van der Waals surface area contributed by atoms with E-state index < -0.39 is 6.04 Å². The van der Waals surface area contributed by atoms with Gasteiger partial charge in [-0.3, -0.25) is 9.59 Å². The molecule has 0 saturated carbocycles. The number of halogens is 2. The van der Waals surface area contributed by atoms with Crippen LogP contribution in [0.2, 0.25) is 10.0 Å². The third-order valence-corrected chi connectivity index (χ3v) is 6.32. The van der Waals surface area contributed by atoms with E-state index in [1.807, 2.05) is 54.6 Å². The molecule has 0 radical (unpaired) electrons. The summed E-state index contributed by atoms with van der Waals surface area (Å²) in [5, 5.41) is 3.65. The number of nitrogens with one attached hydrogen (secondary N) is 1. The van der Waals surface area contributed by atoms with Gasteiger partial charge < -0.3 is 19.7 Å². The molecular weight excluding hydrogens is 499 g/mol. The molecule has 0 bridgehead atoms. The number of carbonyl (C=O) groups is 2. The van der Waals surface area contributed by atoms with Gasteiger partial charge in [0.1, 0.15) is 17.5 Å². The zero-order valence-electron chi connectivity index (χ0n) is 20.4. The molecule has 8 heteroatoms. The van der Waals surface area contributed by atoms with E-state index in [0.29, 0.717) is 40.8 Å². The lowest BCUT2D eigenvalue weighted by Gasteiger charge is -2.31.